The van der Waals surface area contributed by atoms with Gasteiger partial charge in [-0.15, -0.1) is 0 Å². The Morgan fingerprint density at radius 2 is 1.54 bits per heavy atom. The van der Waals surface area contributed by atoms with Crippen LogP contribution in [-0.2, 0) is 4.79 Å². The van der Waals surface area contributed by atoms with E-state index in [1.807, 2.05) is 0 Å². The van der Waals surface area contributed by atoms with Crippen LogP contribution in [0.5, 0.6) is 11.5 Å². The molecular formula is C17H17FN2O4. The summed E-state index contributed by atoms with van der Waals surface area (Å²) in [6, 6.07) is 11.7. The molecule has 0 aliphatic carbocycles. The summed E-state index contributed by atoms with van der Waals surface area (Å²) in [5.41, 5.74) is 4.93. The van der Waals surface area contributed by atoms with Crippen LogP contribution in [0.4, 0.5) is 4.39 Å². The fourth-order valence-electron chi connectivity index (χ4n) is 1.81. The minimum Gasteiger partial charge on any atom is -0.497 e. The lowest BCUT2D eigenvalue weighted by molar-refractivity contribution is -0.128. The second kappa shape index (κ2) is 7.96. The Morgan fingerprint density at radius 3 is 2.12 bits per heavy atom. The molecule has 0 aliphatic rings. The number of amides is 2. The van der Waals surface area contributed by atoms with Gasteiger partial charge in [0.2, 0.25) is 0 Å². The molecule has 2 rings (SSSR count). The molecule has 2 amide bonds. The van der Waals surface area contributed by atoms with Gasteiger partial charge in [-0.2, -0.15) is 0 Å². The van der Waals surface area contributed by atoms with E-state index in [0.717, 1.165) is 0 Å². The van der Waals surface area contributed by atoms with E-state index in [4.69, 9.17) is 9.47 Å². The molecule has 1 atom stereocenters. The van der Waals surface area contributed by atoms with Crippen molar-refractivity contribution >= 4 is 11.8 Å². The number of hydrogen-bond donors (Lipinski definition) is 2. The maximum absolute atomic E-state index is 12.8. The molecule has 0 saturated heterocycles. The first-order valence-corrected chi connectivity index (χ1v) is 7.16. The van der Waals surface area contributed by atoms with E-state index in [-0.39, 0.29) is 0 Å². The maximum atomic E-state index is 12.8. The van der Waals surface area contributed by atoms with Gasteiger partial charge in [0.05, 0.1) is 7.11 Å². The zero-order valence-electron chi connectivity index (χ0n) is 13.2. The molecule has 0 bridgehead atoms. The van der Waals surface area contributed by atoms with E-state index in [1.54, 1.807) is 24.3 Å². The van der Waals surface area contributed by atoms with Gasteiger partial charge in [0.15, 0.2) is 6.10 Å². The predicted octanol–water partition coefficient (Wildman–Crippen LogP) is 2.06. The van der Waals surface area contributed by atoms with E-state index in [2.05, 4.69) is 10.9 Å². The highest BCUT2D eigenvalue weighted by Crippen LogP contribution is 2.13. The first-order chi connectivity index (χ1) is 11.5. The van der Waals surface area contributed by atoms with Crippen LogP contribution < -0.4 is 20.3 Å². The average Bonchev–Trinajstić information content (AvgIpc) is 2.61. The minimum absolute atomic E-state index is 0.348. The normalized spacial score (nSPS) is 11.3. The van der Waals surface area contributed by atoms with Gasteiger partial charge in [0, 0.05) is 5.56 Å². The smallest absolute Gasteiger partial charge is 0.279 e. The second-order valence-corrected chi connectivity index (χ2v) is 4.89. The van der Waals surface area contributed by atoms with Crippen molar-refractivity contribution in [3.05, 3.63) is 59.9 Å². The standard InChI is InChI=1S/C17H17FN2O4/c1-11(24-15-9-5-13(18)6-10-15)16(21)19-20-17(22)12-3-7-14(23-2)8-4-12/h3-11H,1-2H3,(H,19,21)(H,20,22). The predicted molar refractivity (Wildman–Crippen MR) is 85.1 cm³/mol. The van der Waals surface area contributed by atoms with Gasteiger partial charge in [-0.05, 0) is 55.5 Å². The van der Waals surface area contributed by atoms with Crippen molar-refractivity contribution in [2.24, 2.45) is 0 Å². The van der Waals surface area contributed by atoms with Crippen LogP contribution in [0.2, 0.25) is 0 Å². The van der Waals surface area contributed by atoms with Crippen LogP contribution in [0.25, 0.3) is 0 Å². The van der Waals surface area contributed by atoms with Gasteiger partial charge < -0.3 is 9.47 Å². The summed E-state index contributed by atoms with van der Waals surface area (Å²) in [5, 5.41) is 0. The summed E-state index contributed by atoms with van der Waals surface area (Å²) in [5.74, 6) is -0.440. The fraction of sp³-hybridized carbons (Fsp3) is 0.176. The molecule has 2 aromatic rings. The molecule has 7 heteroatoms. The van der Waals surface area contributed by atoms with Crippen LogP contribution in [0.3, 0.4) is 0 Å². The molecule has 1 unspecified atom stereocenters. The number of benzene rings is 2. The minimum atomic E-state index is -0.869. The highest BCUT2D eigenvalue weighted by atomic mass is 19.1. The van der Waals surface area contributed by atoms with Crippen molar-refractivity contribution in [3.8, 4) is 11.5 Å². The number of carbonyl (C=O) groups excluding carboxylic acids is 2. The number of methoxy groups -OCH3 is 1. The number of ether oxygens (including phenoxy) is 2. The van der Waals surface area contributed by atoms with Gasteiger partial charge in [-0.3, -0.25) is 20.4 Å². The zero-order chi connectivity index (χ0) is 17.5. The highest BCUT2D eigenvalue weighted by Gasteiger charge is 2.16. The molecule has 6 nitrogen and oxygen atoms in total. The van der Waals surface area contributed by atoms with E-state index in [1.165, 1.54) is 38.3 Å². The molecule has 0 aromatic heterocycles. The molecule has 0 spiro atoms. The first-order valence-electron chi connectivity index (χ1n) is 7.16. The Hall–Kier alpha value is -3.09. The topological polar surface area (TPSA) is 76.7 Å². The second-order valence-electron chi connectivity index (χ2n) is 4.89. The quantitative estimate of drug-likeness (QED) is 0.822. The lowest BCUT2D eigenvalue weighted by atomic mass is 10.2. The van der Waals surface area contributed by atoms with Gasteiger partial charge in [-0.1, -0.05) is 0 Å². The third-order valence-electron chi connectivity index (χ3n) is 3.15. The monoisotopic (exact) mass is 332 g/mol. The fourth-order valence-corrected chi connectivity index (χ4v) is 1.81. The first kappa shape index (κ1) is 17.3. The third-order valence-corrected chi connectivity index (χ3v) is 3.15. The lowest BCUT2D eigenvalue weighted by Gasteiger charge is -2.15. The molecule has 0 heterocycles. The molecule has 0 fully saturated rings. The molecule has 2 N–H and O–H groups in total. The van der Waals surface area contributed by atoms with E-state index < -0.39 is 23.7 Å². The number of hydrogen-bond acceptors (Lipinski definition) is 4. The van der Waals surface area contributed by atoms with Crippen molar-refractivity contribution in [1.29, 1.82) is 0 Å². The largest absolute Gasteiger partial charge is 0.497 e. The highest BCUT2D eigenvalue weighted by molar-refractivity contribution is 5.95. The summed E-state index contributed by atoms with van der Waals surface area (Å²) in [6.45, 7) is 1.51. The van der Waals surface area contributed by atoms with Gasteiger partial charge >= 0.3 is 0 Å². The van der Waals surface area contributed by atoms with E-state index in [9.17, 15) is 14.0 Å². The summed E-state index contributed by atoms with van der Waals surface area (Å²) in [7, 11) is 1.53. The van der Waals surface area contributed by atoms with Gasteiger partial charge in [0.25, 0.3) is 11.8 Å². The molecule has 0 saturated carbocycles. The van der Waals surface area contributed by atoms with Gasteiger partial charge in [-0.25, -0.2) is 4.39 Å². The van der Waals surface area contributed by atoms with Gasteiger partial charge in [0.1, 0.15) is 17.3 Å². The van der Waals surface area contributed by atoms with Crippen LogP contribution in [0.15, 0.2) is 48.5 Å². The number of rotatable bonds is 5. The Balaban J connectivity index is 1.84. The number of hydrazine groups is 1. The summed E-state index contributed by atoms with van der Waals surface area (Å²) >= 11 is 0. The Kier molecular flexibility index (Phi) is 5.73. The maximum Gasteiger partial charge on any atom is 0.279 e. The zero-order valence-corrected chi connectivity index (χ0v) is 13.2. The third kappa shape index (κ3) is 4.70. The number of carbonyl (C=O) groups is 2. The number of halogens is 1. The summed E-state index contributed by atoms with van der Waals surface area (Å²) < 4.78 is 23.2. The molecular weight excluding hydrogens is 315 g/mol. The van der Waals surface area contributed by atoms with Crippen molar-refractivity contribution < 1.29 is 23.5 Å². The van der Waals surface area contributed by atoms with Crippen molar-refractivity contribution in [3.63, 3.8) is 0 Å². The van der Waals surface area contributed by atoms with Crippen LogP contribution in [0, 0.1) is 5.82 Å². The molecule has 24 heavy (non-hydrogen) atoms. The van der Waals surface area contributed by atoms with Crippen molar-refractivity contribution in [1.82, 2.24) is 10.9 Å². The van der Waals surface area contributed by atoms with Crippen LogP contribution >= 0.6 is 0 Å². The van der Waals surface area contributed by atoms with Crippen molar-refractivity contribution in [2.45, 2.75) is 13.0 Å². The van der Waals surface area contributed by atoms with E-state index >= 15 is 0 Å². The lowest BCUT2D eigenvalue weighted by Crippen LogP contribution is -2.47. The molecule has 2 aromatic carbocycles. The Morgan fingerprint density at radius 1 is 0.958 bits per heavy atom. The van der Waals surface area contributed by atoms with Crippen molar-refractivity contribution in [2.75, 3.05) is 7.11 Å². The Bertz CT molecular complexity index is 702. The average molecular weight is 332 g/mol. The van der Waals surface area contributed by atoms with Crippen LogP contribution in [0.1, 0.15) is 17.3 Å². The molecule has 0 radical (unpaired) electrons. The SMILES string of the molecule is COc1ccc(C(=O)NNC(=O)C(C)Oc2ccc(F)cc2)cc1. The summed E-state index contributed by atoms with van der Waals surface area (Å²) in [4.78, 5) is 23.8. The van der Waals surface area contributed by atoms with Crippen LogP contribution in [-0.4, -0.2) is 25.0 Å². The van der Waals surface area contributed by atoms with E-state index in [0.29, 0.717) is 17.1 Å². The Labute approximate surface area is 138 Å². The summed E-state index contributed by atoms with van der Waals surface area (Å²) in [6.07, 6.45) is -0.869. The number of nitrogens with one attached hydrogen (secondary N) is 2. The molecule has 126 valence electrons. The molecule has 0 aliphatic heterocycles.